The third kappa shape index (κ3) is 25.8. The summed E-state index contributed by atoms with van der Waals surface area (Å²) in [5, 5.41) is 25.5. The Balaban J connectivity index is 0.000000141. The number of rotatable bonds is 38. The largest absolute Gasteiger partial charge is 0.496 e. The molecule has 6 fully saturated rings. The molecule has 8 atom stereocenters. The van der Waals surface area contributed by atoms with Crippen LogP contribution in [-0.2, 0) is 9.47 Å². The molecule has 748 valence electrons. The SMILES string of the molecule is CC[C@@H](C)NC(=O)c1cc(N2CCC(c3[nH]nc4ncccc34)CC2)nc(O[C@@H](C)C2CC2)n1.CC[C@@H](C)NC(=O)c1cc(N2CCC(c3[nH]nc4ncccc34)CC2)nc(O[C@H](C)C2CC2)n1.CC[C@H](C)CC(=O)c1cc(N2CCC(c3c[nH]c4nccc(OC)c34)CC2)nc(OC[C@@H](C)OC)n1.CC[C@H](C)CC(=O)c1cc(N2CCC(c3c[nH]c4nccc(OC)c34)CC2)nc(O[C@H](C)COC)n1. The molecular formula is C104H140N24O12. The van der Waals surface area contributed by atoms with Crippen molar-refractivity contribution < 1.29 is 57.1 Å². The highest BCUT2D eigenvalue weighted by molar-refractivity contribution is 5.97. The fourth-order valence-electron chi connectivity index (χ4n) is 18.4. The molecule has 0 bridgehead atoms. The lowest BCUT2D eigenvalue weighted by molar-refractivity contribution is 0.0678. The van der Waals surface area contributed by atoms with Gasteiger partial charge in [0.1, 0.15) is 93.8 Å². The highest BCUT2D eigenvalue weighted by Crippen LogP contribution is 2.43. The number of aromatic amines is 4. The van der Waals surface area contributed by atoms with Crippen LogP contribution in [0.2, 0.25) is 0 Å². The number of nitrogens with one attached hydrogen (secondary N) is 6. The predicted molar refractivity (Wildman–Crippen MR) is 539 cm³/mol. The number of aromatic nitrogens is 18. The molecule has 12 aromatic rings. The van der Waals surface area contributed by atoms with Crippen LogP contribution in [0.4, 0.5) is 23.3 Å². The predicted octanol–water partition coefficient (Wildman–Crippen LogP) is 17.2. The van der Waals surface area contributed by atoms with Crippen molar-refractivity contribution >= 4 is 90.8 Å². The molecule has 0 spiro atoms. The number of hydrogen-bond donors (Lipinski definition) is 6. The van der Waals surface area contributed by atoms with Crippen LogP contribution in [0.5, 0.6) is 35.5 Å². The fourth-order valence-corrected chi connectivity index (χ4v) is 18.4. The summed E-state index contributed by atoms with van der Waals surface area (Å²) in [4.78, 5) is 121. The molecule has 2 amide bonds. The average Bonchev–Trinajstić information content (AvgIpc) is 1.73. The van der Waals surface area contributed by atoms with Crippen molar-refractivity contribution in [2.45, 2.75) is 259 Å². The minimum atomic E-state index is -0.223. The quantitative estimate of drug-likeness (QED) is 0.0196. The molecule has 6 aliphatic rings. The Morgan fingerprint density at radius 3 is 1.16 bits per heavy atom. The first-order chi connectivity index (χ1) is 67.9. The van der Waals surface area contributed by atoms with Gasteiger partial charge < -0.3 is 78.1 Å². The van der Waals surface area contributed by atoms with Crippen LogP contribution in [0.1, 0.15) is 287 Å². The van der Waals surface area contributed by atoms with Crippen molar-refractivity contribution in [1.82, 2.24) is 101 Å². The van der Waals surface area contributed by atoms with Gasteiger partial charge in [-0.2, -0.15) is 50.1 Å². The van der Waals surface area contributed by atoms with E-state index >= 15 is 0 Å². The molecule has 6 N–H and O–H groups in total. The molecule has 16 heterocycles. The van der Waals surface area contributed by atoms with Gasteiger partial charge in [0.2, 0.25) is 0 Å². The Morgan fingerprint density at radius 1 is 0.414 bits per heavy atom. The smallest absolute Gasteiger partial charge is 0.319 e. The maximum Gasteiger partial charge on any atom is 0.319 e. The Kier molecular flexibility index (Phi) is 34.7. The summed E-state index contributed by atoms with van der Waals surface area (Å²) in [5.74, 6) is 7.51. The number of methoxy groups -OCH3 is 4. The molecular weight excluding hydrogens is 1780 g/mol. The molecule has 12 aromatic heterocycles. The van der Waals surface area contributed by atoms with E-state index in [2.05, 4.69) is 177 Å². The molecule has 140 heavy (non-hydrogen) atoms. The van der Waals surface area contributed by atoms with Crippen molar-refractivity contribution in [3.63, 3.8) is 0 Å². The van der Waals surface area contributed by atoms with Gasteiger partial charge in [-0.3, -0.25) is 29.4 Å². The molecule has 2 saturated carbocycles. The summed E-state index contributed by atoms with van der Waals surface area (Å²) in [5.41, 5.74) is 9.54. The average molecular weight is 1920 g/mol. The third-order valence-electron chi connectivity index (χ3n) is 28.2. The second-order valence-electron chi connectivity index (χ2n) is 38.5. The molecule has 18 rings (SSSR count). The van der Waals surface area contributed by atoms with Gasteiger partial charge in [-0.05, 0) is 214 Å². The number of carbonyl (C=O) groups is 4. The molecule has 4 aliphatic heterocycles. The van der Waals surface area contributed by atoms with Crippen molar-refractivity contribution in [3.8, 4) is 35.5 Å². The number of hydrogen-bond acceptors (Lipinski definition) is 30. The summed E-state index contributed by atoms with van der Waals surface area (Å²) >= 11 is 0. The number of nitrogens with zero attached hydrogens (tertiary/aromatic N) is 18. The number of Topliss-reactive ketones (excluding diaryl/α,β-unsaturated/α-hetero) is 2. The van der Waals surface area contributed by atoms with Crippen molar-refractivity contribution in [2.24, 2.45) is 23.7 Å². The summed E-state index contributed by atoms with van der Waals surface area (Å²) in [6.45, 7) is 31.6. The second-order valence-corrected chi connectivity index (χ2v) is 38.5. The third-order valence-corrected chi connectivity index (χ3v) is 28.2. The molecule has 4 saturated heterocycles. The van der Waals surface area contributed by atoms with Crippen LogP contribution in [0.3, 0.4) is 0 Å². The molecule has 0 radical (unpaired) electrons. The van der Waals surface area contributed by atoms with Crippen LogP contribution in [0.25, 0.3) is 44.1 Å². The van der Waals surface area contributed by atoms with E-state index in [9.17, 15) is 19.2 Å². The summed E-state index contributed by atoms with van der Waals surface area (Å²) in [6.07, 6.45) is 27.8. The summed E-state index contributed by atoms with van der Waals surface area (Å²) in [7, 11) is 6.64. The number of ether oxygens (including phenoxy) is 8. The first-order valence-electron chi connectivity index (χ1n) is 50.4. The number of anilines is 4. The Bertz CT molecular complexity index is 5930. The van der Waals surface area contributed by atoms with E-state index in [0.717, 1.165) is 220 Å². The molecule has 36 heteroatoms. The van der Waals surface area contributed by atoms with Gasteiger partial charge in [0.25, 0.3) is 11.8 Å². The minimum Gasteiger partial charge on any atom is -0.496 e. The number of pyridine rings is 4. The first-order valence-corrected chi connectivity index (χ1v) is 50.4. The van der Waals surface area contributed by atoms with Crippen molar-refractivity contribution in [2.75, 3.05) is 114 Å². The minimum absolute atomic E-state index is 0.0190. The Morgan fingerprint density at radius 2 is 0.786 bits per heavy atom. The van der Waals surface area contributed by atoms with E-state index in [1.54, 1.807) is 65.4 Å². The number of fused-ring (bicyclic) bond motifs is 4. The lowest BCUT2D eigenvalue weighted by Crippen LogP contribution is -2.35. The maximum atomic E-state index is 13.0. The van der Waals surface area contributed by atoms with Gasteiger partial charge in [-0.25, -0.2) is 19.9 Å². The van der Waals surface area contributed by atoms with Gasteiger partial charge in [-0.1, -0.05) is 54.4 Å². The molecule has 2 aliphatic carbocycles. The monoisotopic (exact) mass is 1920 g/mol. The zero-order valence-corrected chi connectivity index (χ0v) is 84.1. The van der Waals surface area contributed by atoms with Crippen molar-refractivity contribution in [3.05, 3.63) is 143 Å². The molecule has 36 nitrogen and oxygen atoms in total. The summed E-state index contributed by atoms with van der Waals surface area (Å²) < 4.78 is 45.5. The van der Waals surface area contributed by atoms with E-state index in [1.165, 1.54) is 36.8 Å². The normalized spacial score (nSPS) is 17.4. The second kappa shape index (κ2) is 47.9. The lowest BCUT2D eigenvalue weighted by atomic mass is 9.89. The number of piperidine rings is 4. The van der Waals surface area contributed by atoms with Crippen LogP contribution < -0.4 is 58.7 Å². The number of ketones is 2. The first kappa shape index (κ1) is 102. The van der Waals surface area contributed by atoms with Crippen LogP contribution in [0.15, 0.2) is 97.8 Å². The zero-order valence-electron chi connectivity index (χ0n) is 84.1. The highest BCUT2D eigenvalue weighted by atomic mass is 16.5. The van der Waals surface area contributed by atoms with E-state index in [4.69, 9.17) is 47.9 Å². The van der Waals surface area contributed by atoms with Crippen LogP contribution >= 0.6 is 0 Å². The van der Waals surface area contributed by atoms with Gasteiger partial charge >= 0.3 is 24.0 Å². The van der Waals surface area contributed by atoms with Crippen molar-refractivity contribution in [1.29, 1.82) is 0 Å². The maximum absolute atomic E-state index is 13.0. The zero-order chi connectivity index (χ0) is 98.6. The van der Waals surface area contributed by atoms with Gasteiger partial charge in [0.15, 0.2) is 22.9 Å². The van der Waals surface area contributed by atoms with Crippen LogP contribution in [-0.4, -0.2) is 244 Å². The van der Waals surface area contributed by atoms with Gasteiger partial charge in [-0.15, -0.1) is 0 Å². The van der Waals surface area contributed by atoms with Gasteiger partial charge in [0.05, 0.1) is 37.7 Å². The van der Waals surface area contributed by atoms with E-state index in [1.807, 2.05) is 77.9 Å². The van der Waals surface area contributed by atoms with E-state index < -0.39 is 0 Å². The van der Waals surface area contributed by atoms with Crippen LogP contribution in [0, 0.1) is 23.7 Å². The molecule has 0 unspecified atom stereocenters. The number of carbonyl (C=O) groups excluding carboxylic acids is 4. The standard InChI is InChI=1S/2C27H37N5O4.2C25H33N7O2/c1-6-17(2)13-22(33)21-14-24(31-27(30-21)36-16-18(3)34-4)32-11-8-19(9-12-32)20-15-29-26-25(20)23(35-5)7-10-28-26;1-6-17(2)13-22(33)21-14-24(31-27(30-21)36-18(3)16-34-4)32-11-8-19(9-12-32)20-15-29-26-25(20)23(35-5)7-10-28-26;2*1-4-15(2)27-24(33)20-14-21(29-25(28-20)34-16(3)17-7-8-17)32-12-9-18(10-13-32)22-19-6-5-11-26-23(19)31-30-22/h2*7,10,14-15,17-19H,6,8-9,11-13,16H2,1-5H3,(H,28,29);2*5-6,11,14-18H,4,7-10,12-13H2,1-3H3,(H,27,33)(H,26,30,31)/t2*17-,18+;15-,16+;15-,16-/m0011/s1. The van der Waals surface area contributed by atoms with E-state index in [0.29, 0.717) is 108 Å². The van der Waals surface area contributed by atoms with E-state index in [-0.39, 0.29) is 71.9 Å². The summed E-state index contributed by atoms with van der Waals surface area (Å²) in [6, 6.07) is 20.3. The number of H-pyrrole nitrogens is 4. The van der Waals surface area contributed by atoms with Gasteiger partial charge in [0, 0.05) is 187 Å². The number of amides is 2. The topological polar surface area (TPSA) is 423 Å². The lowest BCUT2D eigenvalue weighted by Gasteiger charge is -2.33. The fraction of sp³-hybridized carbons (Fsp3) is 0.558. The molecule has 0 aromatic carbocycles. The Hall–Kier alpha value is -12.9. The Labute approximate surface area is 819 Å². The highest BCUT2D eigenvalue weighted by Gasteiger charge is 2.36.